The molecule has 1 aliphatic carbocycles. The highest BCUT2D eigenvalue weighted by atomic mass is 15.1. The van der Waals surface area contributed by atoms with Crippen LogP contribution in [0.5, 0.6) is 0 Å². The second-order valence-electron chi connectivity index (χ2n) is 5.16. The molecule has 0 spiro atoms. The standard InChI is InChI=1S/C15H19N3/c1-18(12-4-2-3-5-12)15-8-9-17-14-10-11(16)6-7-13(14)15/h6-10,12H,2-5,16H2,1H3. The maximum Gasteiger partial charge on any atom is 0.0743 e. The number of nitrogens with zero attached hydrogens (tertiary/aromatic N) is 2. The van der Waals surface area contributed by atoms with Crippen molar-refractivity contribution in [2.45, 2.75) is 31.7 Å². The van der Waals surface area contributed by atoms with Gasteiger partial charge < -0.3 is 10.6 Å². The van der Waals surface area contributed by atoms with Crippen LogP contribution in [0.3, 0.4) is 0 Å². The Hall–Kier alpha value is -1.77. The van der Waals surface area contributed by atoms with Gasteiger partial charge in [0.2, 0.25) is 0 Å². The number of hydrogen-bond donors (Lipinski definition) is 1. The molecule has 1 heterocycles. The Morgan fingerprint density at radius 3 is 2.78 bits per heavy atom. The first kappa shape index (κ1) is 11.3. The van der Waals surface area contributed by atoms with Crippen molar-refractivity contribution >= 4 is 22.3 Å². The molecule has 0 bridgehead atoms. The number of nitrogens with two attached hydrogens (primary N) is 1. The fourth-order valence-electron chi connectivity index (χ4n) is 2.95. The molecule has 2 aromatic rings. The maximum absolute atomic E-state index is 5.82. The van der Waals surface area contributed by atoms with E-state index in [4.69, 9.17) is 5.73 Å². The van der Waals surface area contributed by atoms with Gasteiger partial charge in [-0.15, -0.1) is 0 Å². The summed E-state index contributed by atoms with van der Waals surface area (Å²) >= 11 is 0. The smallest absolute Gasteiger partial charge is 0.0743 e. The normalized spacial score (nSPS) is 16.3. The van der Waals surface area contributed by atoms with Crippen LogP contribution in [0, 0.1) is 0 Å². The Balaban J connectivity index is 2.05. The maximum atomic E-state index is 5.82. The minimum atomic E-state index is 0.674. The van der Waals surface area contributed by atoms with Gasteiger partial charge in [0.1, 0.15) is 0 Å². The second-order valence-corrected chi connectivity index (χ2v) is 5.16. The first-order chi connectivity index (χ1) is 8.75. The van der Waals surface area contributed by atoms with E-state index in [1.807, 2.05) is 18.3 Å². The van der Waals surface area contributed by atoms with E-state index in [1.165, 1.54) is 36.8 Å². The molecule has 0 aliphatic heterocycles. The lowest BCUT2D eigenvalue weighted by molar-refractivity contribution is 0.655. The molecule has 1 fully saturated rings. The third-order valence-corrected chi connectivity index (χ3v) is 4.00. The average Bonchev–Trinajstić information content (AvgIpc) is 2.90. The van der Waals surface area contributed by atoms with Crippen molar-refractivity contribution in [2.24, 2.45) is 0 Å². The summed E-state index contributed by atoms with van der Waals surface area (Å²) < 4.78 is 0. The van der Waals surface area contributed by atoms with E-state index >= 15 is 0 Å². The fraction of sp³-hybridized carbons (Fsp3) is 0.400. The minimum absolute atomic E-state index is 0.674. The van der Waals surface area contributed by atoms with Crippen LogP contribution in [0.4, 0.5) is 11.4 Å². The molecule has 0 unspecified atom stereocenters. The largest absolute Gasteiger partial charge is 0.399 e. The van der Waals surface area contributed by atoms with Crippen molar-refractivity contribution in [1.82, 2.24) is 4.98 Å². The van der Waals surface area contributed by atoms with Gasteiger partial charge in [-0.25, -0.2) is 0 Å². The summed E-state index contributed by atoms with van der Waals surface area (Å²) in [5.41, 5.74) is 8.85. The molecule has 0 amide bonds. The molecule has 18 heavy (non-hydrogen) atoms. The van der Waals surface area contributed by atoms with Crippen LogP contribution >= 0.6 is 0 Å². The van der Waals surface area contributed by atoms with Gasteiger partial charge >= 0.3 is 0 Å². The van der Waals surface area contributed by atoms with Crippen LogP contribution in [-0.4, -0.2) is 18.1 Å². The predicted octanol–water partition coefficient (Wildman–Crippen LogP) is 3.20. The van der Waals surface area contributed by atoms with Gasteiger partial charge in [0.15, 0.2) is 0 Å². The molecule has 0 radical (unpaired) electrons. The Morgan fingerprint density at radius 1 is 1.22 bits per heavy atom. The molecule has 2 N–H and O–H groups in total. The molecule has 0 saturated heterocycles. The molecule has 94 valence electrons. The summed E-state index contributed by atoms with van der Waals surface area (Å²) in [6.45, 7) is 0. The summed E-state index contributed by atoms with van der Waals surface area (Å²) in [6.07, 6.45) is 7.18. The molecule has 1 aromatic carbocycles. The van der Waals surface area contributed by atoms with E-state index in [9.17, 15) is 0 Å². The lowest BCUT2D eigenvalue weighted by Crippen LogP contribution is -2.28. The summed E-state index contributed by atoms with van der Waals surface area (Å²) in [6, 6.07) is 8.76. The molecule has 0 atom stereocenters. The van der Waals surface area contributed by atoms with Gasteiger partial charge in [-0.05, 0) is 37.1 Å². The fourth-order valence-corrected chi connectivity index (χ4v) is 2.95. The molecule has 3 nitrogen and oxygen atoms in total. The summed E-state index contributed by atoms with van der Waals surface area (Å²) in [7, 11) is 2.20. The zero-order chi connectivity index (χ0) is 12.5. The average molecular weight is 241 g/mol. The SMILES string of the molecule is CN(c1ccnc2cc(N)ccc12)C1CCCC1. The number of rotatable bonds is 2. The van der Waals surface area contributed by atoms with Crippen LogP contribution in [0.1, 0.15) is 25.7 Å². The van der Waals surface area contributed by atoms with E-state index in [0.29, 0.717) is 6.04 Å². The van der Waals surface area contributed by atoms with Crippen molar-refractivity contribution in [3.05, 3.63) is 30.5 Å². The summed E-state index contributed by atoms with van der Waals surface area (Å²) in [5.74, 6) is 0. The number of hydrogen-bond acceptors (Lipinski definition) is 3. The molecular formula is C15H19N3. The van der Waals surface area contributed by atoms with Gasteiger partial charge in [0, 0.05) is 36.0 Å². The lowest BCUT2D eigenvalue weighted by atomic mass is 10.1. The zero-order valence-electron chi connectivity index (χ0n) is 10.8. The number of pyridine rings is 1. The molecule has 3 heteroatoms. The number of benzene rings is 1. The third-order valence-electron chi connectivity index (χ3n) is 4.00. The van der Waals surface area contributed by atoms with E-state index in [-0.39, 0.29) is 0 Å². The van der Waals surface area contributed by atoms with E-state index in [0.717, 1.165) is 11.2 Å². The highest BCUT2D eigenvalue weighted by molar-refractivity contribution is 5.93. The Morgan fingerprint density at radius 2 is 2.00 bits per heavy atom. The summed E-state index contributed by atoms with van der Waals surface area (Å²) in [4.78, 5) is 6.81. The van der Waals surface area contributed by atoms with Crippen molar-refractivity contribution in [3.63, 3.8) is 0 Å². The van der Waals surface area contributed by atoms with Gasteiger partial charge in [0.25, 0.3) is 0 Å². The molecule has 1 aromatic heterocycles. The third kappa shape index (κ3) is 1.90. The highest BCUT2D eigenvalue weighted by Gasteiger charge is 2.21. The minimum Gasteiger partial charge on any atom is -0.399 e. The highest BCUT2D eigenvalue weighted by Crippen LogP contribution is 2.31. The quantitative estimate of drug-likeness (QED) is 0.821. The van der Waals surface area contributed by atoms with Crippen molar-refractivity contribution in [3.8, 4) is 0 Å². The van der Waals surface area contributed by atoms with Crippen molar-refractivity contribution in [2.75, 3.05) is 17.7 Å². The Labute approximate surface area is 108 Å². The van der Waals surface area contributed by atoms with Crippen LogP contribution < -0.4 is 10.6 Å². The molecular weight excluding hydrogens is 222 g/mol. The second kappa shape index (κ2) is 4.48. The van der Waals surface area contributed by atoms with Crippen molar-refractivity contribution < 1.29 is 0 Å². The predicted molar refractivity (Wildman–Crippen MR) is 76.8 cm³/mol. The molecule has 1 saturated carbocycles. The topological polar surface area (TPSA) is 42.2 Å². The van der Waals surface area contributed by atoms with Gasteiger partial charge in [-0.2, -0.15) is 0 Å². The Bertz CT molecular complexity index is 559. The number of aromatic nitrogens is 1. The molecule has 3 rings (SSSR count). The van der Waals surface area contributed by atoms with Crippen LogP contribution in [0.25, 0.3) is 10.9 Å². The molecule has 1 aliphatic rings. The number of anilines is 2. The van der Waals surface area contributed by atoms with Gasteiger partial charge in [0.05, 0.1) is 5.52 Å². The van der Waals surface area contributed by atoms with Crippen LogP contribution in [-0.2, 0) is 0 Å². The first-order valence-electron chi connectivity index (χ1n) is 6.63. The van der Waals surface area contributed by atoms with Gasteiger partial charge in [-0.3, -0.25) is 4.98 Å². The summed E-state index contributed by atoms with van der Waals surface area (Å²) in [5, 5.41) is 1.20. The lowest BCUT2D eigenvalue weighted by Gasteiger charge is -2.27. The van der Waals surface area contributed by atoms with E-state index < -0.39 is 0 Å². The van der Waals surface area contributed by atoms with Crippen LogP contribution in [0.2, 0.25) is 0 Å². The van der Waals surface area contributed by atoms with Gasteiger partial charge in [-0.1, -0.05) is 12.8 Å². The van der Waals surface area contributed by atoms with E-state index in [1.54, 1.807) is 0 Å². The monoisotopic (exact) mass is 241 g/mol. The zero-order valence-corrected chi connectivity index (χ0v) is 10.8. The van der Waals surface area contributed by atoms with E-state index in [2.05, 4.69) is 29.1 Å². The number of fused-ring (bicyclic) bond motifs is 1. The number of nitrogen functional groups attached to an aromatic ring is 1. The van der Waals surface area contributed by atoms with Crippen molar-refractivity contribution in [1.29, 1.82) is 0 Å². The Kier molecular flexibility index (Phi) is 2.82. The van der Waals surface area contributed by atoms with Crippen LogP contribution in [0.15, 0.2) is 30.5 Å². The first-order valence-corrected chi connectivity index (χ1v) is 6.63.